The molecule has 1 N–H and O–H groups in total. The molecule has 0 radical (unpaired) electrons. The molecule has 0 heterocycles. The molecule has 0 saturated carbocycles. The lowest BCUT2D eigenvalue weighted by Crippen LogP contribution is -2.23. The average molecular weight is 377 g/mol. The summed E-state index contributed by atoms with van der Waals surface area (Å²) in [5.74, 6) is 0.121. The molecule has 0 aliphatic heterocycles. The second-order valence-corrected chi connectivity index (χ2v) is 5.84. The highest BCUT2D eigenvalue weighted by Crippen LogP contribution is 2.25. The number of methoxy groups -OCH3 is 1. The van der Waals surface area contributed by atoms with Crippen LogP contribution in [0.5, 0.6) is 5.75 Å². The van der Waals surface area contributed by atoms with Crippen molar-refractivity contribution in [2.24, 2.45) is 0 Å². The predicted molar refractivity (Wildman–Crippen MR) is 94.2 cm³/mol. The number of carbonyl (C=O) groups excluding carboxylic acids is 2. The first-order valence-electron chi connectivity index (χ1n) is 6.91. The van der Waals surface area contributed by atoms with Gasteiger partial charge in [-0.2, -0.15) is 0 Å². The van der Waals surface area contributed by atoms with E-state index >= 15 is 0 Å². The Bertz CT molecular complexity index is 746. The lowest BCUT2D eigenvalue weighted by atomic mass is 10.1. The molecule has 0 saturated heterocycles. The van der Waals surface area contributed by atoms with Gasteiger partial charge in [0, 0.05) is 29.8 Å². The third-order valence-corrected chi connectivity index (χ3v) is 3.86. The molecular weight excluding hydrogens is 360 g/mol. The molecule has 0 spiro atoms. The van der Waals surface area contributed by atoms with Crippen LogP contribution in [-0.4, -0.2) is 26.0 Å². The molecule has 23 heavy (non-hydrogen) atoms. The van der Waals surface area contributed by atoms with Crippen LogP contribution in [0.15, 0.2) is 46.9 Å². The van der Waals surface area contributed by atoms with Gasteiger partial charge in [-0.05, 0) is 36.4 Å². The second kappa shape index (κ2) is 7.28. The van der Waals surface area contributed by atoms with E-state index < -0.39 is 0 Å². The lowest BCUT2D eigenvalue weighted by Gasteiger charge is -2.16. The summed E-state index contributed by atoms with van der Waals surface area (Å²) in [6, 6.07) is 12.3. The molecule has 2 rings (SSSR count). The monoisotopic (exact) mass is 376 g/mol. The number of rotatable bonds is 4. The van der Waals surface area contributed by atoms with Crippen LogP contribution < -0.4 is 15.0 Å². The minimum atomic E-state index is -0.286. The Morgan fingerprint density at radius 2 is 1.91 bits per heavy atom. The number of nitrogens with zero attached hydrogens (tertiary/aromatic N) is 1. The Kier molecular flexibility index (Phi) is 5.39. The predicted octanol–water partition coefficient (Wildman–Crippen LogP) is 3.69. The van der Waals surface area contributed by atoms with E-state index in [0.717, 1.165) is 4.47 Å². The molecule has 0 aliphatic rings. The van der Waals surface area contributed by atoms with Gasteiger partial charge in [-0.25, -0.2) is 0 Å². The molecular formula is C17H17BrN2O3. The number of carbonyl (C=O) groups is 2. The summed E-state index contributed by atoms with van der Waals surface area (Å²) >= 11 is 3.35. The molecule has 5 nitrogen and oxygen atoms in total. The average Bonchev–Trinajstić information content (AvgIpc) is 2.54. The third kappa shape index (κ3) is 4.10. The van der Waals surface area contributed by atoms with Crippen LogP contribution in [0.3, 0.4) is 0 Å². The second-order valence-electron chi connectivity index (χ2n) is 4.93. The van der Waals surface area contributed by atoms with Gasteiger partial charge in [-0.15, -0.1) is 0 Å². The number of benzene rings is 2. The maximum atomic E-state index is 12.5. The molecule has 0 aliphatic carbocycles. The van der Waals surface area contributed by atoms with Crippen LogP contribution in [0.4, 0.5) is 11.4 Å². The van der Waals surface area contributed by atoms with E-state index in [2.05, 4.69) is 21.2 Å². The number of amides is 2. The van der Waals surface area contributed by atoms with E-state index in [0.29, 0.717) is 22.7 Å². The molecule has 6 heteroatoms. The molecule has 0 bridgehead atoms. The fraction of sp³-hybridized carbons (Fsp3) is 0.176. The zero-order valence-electron chi connectivity index (χ0n) is 13.1. The summed E-state index contributed by atoms with van der Waals surface area (Å²) in [6.45, 7) is 1.48. The van der Waals surface area contributed by atoms with Crippen molar-refractivity contribution >= 4 is 39.1 Å². The number of halogens is 1. The maximum Gasteiger partial charge on any atom is 0.259 e. The van der Waals surface area contributed by atoms with Crippen LogP contribution in [0.1, 0.15) is 17.3 Å². The summed E-state index contributed by atoms with van der Waals surface area (Å²) in [5, 5.41) is 2.82. The van der Waals surface area contributed by atoms with Crippen molar-refractivity contribution in [3.05, 3.63) is 52.5 Å². The number of hydrogen-bond donors (Lipinski definition) is 1. The lowest BCUT2D eigenvalue weighted by molar-refractivity contribution is -0.116. The first-order chi connectivity index (χ1) is 10.9. The number of nitrogens with one attached hydrogen (secondary N) is 1. The number of anilines is 2. The summed E-state index contributed by atoms with van der Waals surface area (Å²) in [7, 11) is 3.20. The topological polar surface area (TPSA) is 58.6 Å². The van der Waals surface area contributed by atoms with Crippen LogP contribution in [0, 0.1) is 0 Å². The van der Waals surface area contributed by atoms with Gasteiger partial charge in [-0.1, -0.05) is 22.0 Å². The van der Waals surface area contributed by atoms with E-state index in [-0.39, 0.29) is 11.8 Å². The van der Waals surface area contributed by atoms with Crippen LogP contribution in [0.25, 0.3) is 0 Å². The van der Waals surface area contributed by atoms with Crippen LogP contribution in [0.2, 0.25) is 0 Å². The summed E-state index contributed by atoms with van der Waals surface area (Å²) < 4.78 is 6.00. The van der Waals surface area contributed by atoms with Crippen molar-refractivity contribution in [2.45, 2.75) is 6.92 Å². The first-order valence-corrected chi connectivity index (χ1v) is 7.71. The fourth-order valence-corrected chi connectivity index (χ4v) is 2.39. The Hall–Kier alpha value is -2.34. The van der Waals surface area contributed by atoms with Crippen molar-refractivity contribution in [1.82, 2.24) is 0 Å². The minimum Gasteiger partial charge on any atom is -0.496 e. The van der Waals surface area contributed by atoms with E-state index in [1.807, 2.05) is 0 Å². The van der Waals surface area contributed by atoms with E-state index in [4.69, 9.17) is 4.74 Å². The van der Waals surface area contributed by atoms with Gasteiger partial charge in [0.2, 0.25) is 5.91 Å². The van der Waals surface area contributed by atoms with E-state index in [1.54, 1.807) is 49.5 Å². The molecule has 0 atom stereocenters. The minimum absolute atomic E-state index is 0.0814. The Labute approximate surface area is 143 Å². The normalized spacial score (nSPS) is 10.1. The zero-order valence-corrected chi connectivity index (χ0v) is 14.7. The standard InChI is InChI=1S/C17H17BrN2O3/c1-11(21)20(2)14-6-4-5-13(10-14)19-17(22)15-9-12(18)7-8-16(15)23-3/h4-10H,1-3H3,(H,19,22). The fourth-order valence-electron chi connectivity index (χ4n) is 2.03. The molecule has 120 valence electrons. The smallest absolute Gasteiger partial charge is 0.259 e. The van der Waals surface area contributed by atoms with Crippen molar-refractivity contribution in [1.29, 1.82) is 0 Å². The van der Waals surface area contributed by atoms with Crippen molar-refractivity contribution in [3.63, 3.8) is 0 Å². The Morgan fingerprint density at radius 1 is 1.17 bits per heavy atom. The van der Waals surface area contributed by atoms with Gasteiger partial charge < -0.3 is 15.0 Å². The Balaban J connectivity index is 2.26. The highest BCUT2D eigenvalue weighted by Gasteiger charge is 2.14. The van der Waals surface area contributed by atoms with Crippen molar-refractivity contribution < 1.29 is 14.3 Å². The zero-order chi connectivity index (χ0) is 17.0. The van der Waals surface area contributed by atoms with Gasteiger partial charge in [0.15, 0.2) is 0 Å². The van der Waals surface area contributed by atoms with Crippen LogP contribution in [-0.2, 0) is 4.79 Å². The molecule has 0 aromatic heterocycles. The highest BCUT2D eigenvalue weighted by molar-refractivity contribution is 9.10. The summed E-state index contributed by atoms with van der Waals surface area (Å²) in [4.78, 5) is 25.4. The van der Waals surface area contributed by atoms with E-state index in [9.17, 15) is 9.59 Å². The summed E-state index contributed by atoms with van der Waals surface area (Å²) in [6.07, 6.45) is 0. The van der Waals surface area contributed by atoms with E-state index in [1.165, 1.54) is 18.9 Å². The molecule has 2 amide bonds. The third-order valence-electron chi connectivity index (χ3n) is 3.37. The van der Waals surface area contributed by atoms with Gasteiger partial charge in [0.25, 0.3) is 5.91 Å². The molecule has 0 unspecified atom stereocenters. The van der Waals surface area contributed by atoms with Gasteiger partial charge >= 0.3 is 0 Å². The Morgan fingerprint density at radius 3 is 2.57 bits per heavy atom. The van der Waals surface area contributed by atoms with Gasteiger partial charge in [-0.3, -0.25) is 9.59 Å². The maximum absolute atomic E-state index is 12.5. The first kappa shape index (κ1) is 17.0. The quantitative estimate of drug-likeness (QED) is 0.884. The largest absolute Gasteiger partial charge is 0.496 e. The summed E-state index contributed by atoms with van der Waals surface area (Å²) in [5.41, 5.74) is 1.73. The van der Waals surface area contributed by atoms with Crippen molar-refractivity contribution in [3.8, 4) is 5.75 Å². The van der Waals surface area contributed by atoms with Gasteiger partial charge in [0.05, 0.1) is 12.7 Å². The SMILES string of the molecule is COc1ccc(Br)cc1C(=O)Nc1cccc(N(C)C(C)=O)c1. The van der Waals surface area contributed by atoms with Crippen LogP contribution >= 0.6 is 15.9 Å². The highest BCUT2D eigenvalue weighted by atomic mass is 79.9. The van der Waals surface area contributed by atoms with Crippen molar-refractivity contribution in [2.75, 3.05) is 24.4 Å². The molecule has 0 fully saturated rings. The van der Waals surface area contributed by atoms with Gasteiger partial charge in [0.1, 0.15) is 5.75 Å². The molecule has 2 aromatic carbocycles. The number of ether oxygens (including phenoxy) is 1. The molecule has 2 aromatic rings. The number of hydrogen-bond acceptors (Lipinski definition) is 3.